The highest BCUT2D eigenvalue weighted by molar-refractivity contribution is 6.08. The first-order chi connectivity index (χ1) is 10.0. The Kier molecular flexibility index (Phi) is 4.47. The third-order valence-corrected chi connectivity index (χ3v) is 2.78. The van der Waals surface area contributed by atoms with Crippen LogP contribution >= 0.6 is 0 Å². The van der Waals surface area contributed by atoms with Crippen LogP contribution < -0.4 is 10.6 Å². The van der Waals surface area contributed by atoms with E-state index in [0.717, 1.165) is 0 Å². The number of carbonyl (C=O) groups is 1. The van der Waals surface area contributed by atoms with E-state index in [1.165, 1.54) is 6.07 Å². The average Bonchev–Trinajstić information content (AvgIpc) is 2.43. The predicted molar refractivity (Wildman–Crippen MR) is 74.9 cm³/mol. The zero-order chi connectivity index (χ0) is 15.4. The highest BCUT2D eigenvalue weighted by Crippen LogP contribution is 2.22. The maximum atomic E-state index is 13.5. The van der Waals surface area contributed by atoms with Gasteiger partial charge < -0.3 is 10.6 Å². The molecule has 0 radical (unpaired) electrons. The molecule has 0 saturated heterocycles. The smallest absolute Gasteiger partial charge is 0.257 e. The van der Waals surface area contributed by atoms with Crippen molar-refractivity contribution in [2.24, 2.45) is 0 Å². The lowest BCUT2D eigenvalue weighted by Crippen LogP contribution is -2.16. The fourth-order valence-corrected chi connectivity index (χ4v) is 1.87. The maximum Gasteiger partial charge on any atom is 0.257 e. The summed E-state index contributed by atoms with van der Waals surface area (Å²) in [6.45, 7) is 2.44. The molecule has 0 unspecified atom stereocenters. The second kappa shape index (κ2) is 6.30. The van der Waals surface area contributed by atoms with Gasteiger partial charge in [0, 0.05) is 24.4 Å². The molecule has 6 heteroatoms. The van der Waals surface area contributed by atoms with Crippen LogP contribution in [0, 0.1) is 17.5 Å². The SMILES string of the molecule is CCNc1ccccc1C(=O)Nc1c(F)cc(F)cc1F. The molecule has 1 amide bonds. The molecule has 0 bridgehead atoms. The van der Waals surface area contributed by atoms with E-state index in [4.69, 9.17) is 0 Å². The largest absolute Gasteiger partial charge is 0.385 e. The molecule has 3 nitrogen and oxygen atoms in total. The maximum absolute atomic E-state index is 13.5. The lowest BCUT2D eigenvalue weighted by molar-refractivity contribution is 0.102. The highest BCUT2D eigenvalue weighted by Gasteiger charge is 2.17. The van der Waals surface area contributed by atoms with Gasteiger partial charge in [0.2, 0.25) is 0 Å². The first kappa shape index (κ1) is 14.9. The molecule has 0 aromatic heterocycles. The number of hydrogen-bond acceptors (Lipinski definition) is 2. The van der Waals surface area contributed by atoms with Crippen molar-refractivity contribution in [2.75, 3.05) is 17.2 Å². The standard InChI is InChI=1S/C15H13F3N2O/c1-2-19-13-6-4-3-5-10(13)15(21)20-14-11(17)7-9(16)8-12(14)18/h3-8,19H,2H2,1H3,(H,20,21). The quantitative estimate of drug-likeness (QED) is 0.900. The summed E-state index contributed by atoms with van der Waals surface area (Å²) in [7, 11) is 0. The van der Waals surface area contributed by atoms with Crippen molar-refractivity contribution in [3.8, 4) is 0 Å². The van der Waals surface area contributed by atoms with Gasteiger partial charge in [0.05, 0.1) is 5.56 Å². The van der Waals surface area contributed by atoms with Crippen molar-refractivity contribution >= 4 is 17.3 Å². The number of carbonyl (C=O) groups excluding carboxylic acids is 1. The number of nitrogens with one attached hydrogen (secondary N) is 2. The highest BCUT2D eigenvalue weighted by atomic mass is 19.1. The van der Waals surface area contributed by atoms with E-state index in [2.05, 4.69) is 10.6 Å². The molecule has 0 aliphatic carbocycles. The van der Waals surface area contributed by atoms with Crippen molar-refractivity contribution < 1.29 is 18.0 Å². The normalized spacial score (nSPS) is 10.3. The minimum Gasteiger partial charge on any atom is -0.385 e. The minimum absolute atomic E-state index is 0.238. The average molecular weight is 294 g/mol. The summed E-state index contributed by atoms with van der Waals surface area (Å²) < 4.78 is 39.9. The third kappa shape index (κ3) is 3.34. The third-order valence-electron chi connectivity index (χ3n) is 2.78. The molecule has 0 spiro atoms. The van der Waals surface area contributed by atoms with Crippen LogP contribution in [0.5, 0.6) is 0 Å². The Bertz CT molecular complexity index is 651. The van der Waals surface area contributed by atoms with Gasteiger partial charge in [0.15, 0.2) is 11.6 Å². The lowest BCUT2D eigenvalue weighted by atomic mass is 10.1. The van der Waals surface area contributed by atoms with Gasteiger partial charge in [-0.3, -0.25) is 4.79 Å². The summed E-state index contributed by atoms with van der Waals surface area (Å²) in [6, 6.07) is 7.58. The summed E-state index contributed by atoms with van der Waals surface area (Å²) >= 11 is 0. The molecule has 110 valence electrons. The molecule has 0 aliphatic heterocycles. The molecular weight excluding hydrogens is 281 g/mol. The summed E-state index contributed by atoms with van der Waals surface area (Å²) in [5.41, 5.74) is 0.107. The number of anilines is 2. The summed E-state index contributed by atoms with van der Waals surface area (Å²) in [4.78, 5) is 12.1. The van der Waals surface area contributed by atoms with Gasteiger partial charge in [-0.2, -0.15) is 0 Å². The molecule has 2 aromatic carbocycles. The van der Waals surface area contributed by atoms with E-state index in [0.29, 0.717) is 24.4 Å². The van der Waals surface area contributed by atoms with Crippen molar-refractivity contribution in [1.82, 2.24) is 0 Å². The minimum atomic E-state index is -1.17. The molecule has 2 N–H and O–H groups in total. The summed E-state index contributed by atoms with van der Waals surface area (Å²) in [6.07, 6.45) is 0. The van der Waals surface area contributed by atoms with Crippen LogP contribution in [0.2, 0.25) is 0 Å². The van der Waals surface area contributed by atoms with E-state index in [-0.39, 0.29) is 5.56 Å². The van der Waals surface area contributed by atoms with Crippen LogP contribution in [0.15, 0.2) is 36.4 Å². The Labute approximate surface area is 119 Å². The van der Waals surface area contributed by atoms with E-state index in [1.807, 2.05) is 6.92 Å². The second-order valence-electron chi connectivity index (χ2n) is 4.27. The van der Waals surface area contributed by atoms with Crippen LogP contribution in [0.4, 0.5) is 24.5 Å². The Morgan fingerprint density at radius 1 is 1.10 bits per heavy atom. The molecule has 0 saturated carbocycles. The summed E-state index contributed by atoms with van der Waals surface area (Å²) in [5, 5.41) is 5.10. The van der Waals surface area contributed by atoms with Gasteiger partial charge in [0.25, 0.3) is 5.91 Å². The van der Waals surface area contributed by atoms with Gasteiger partial charge >= 0.3 is 0 Å². The Balaban J connectivity index is 2.31. The number of benzene rings is 2. The number of halogens is 3. The van der Waals surface area contributed by atoms with Crippen LogP contribution in [0.1, 0.15) is 17.3 Å². The molecule has 2 aromatic rings. The molecule has 0 aliphatic rings. The van der Waals surface area contributed by atoms with E-state index in [9.17, 15) is 18.0 Å². The fraction of sp³-hybridized carbons (Fsp3) is 0.133. The zero-order valence-electron chi connectivity index (χ0n) is 11.2. The van der Waals surface area contributed by atoms with Gasteiger partial charge in [-0.1, -0.05) is 12.1 Å². The van der Waals surface area contributed by atoms with Crippen molar-refractivity contribution in [3.05, 3.63) is 59.4 Å². The first-order valence-electron chi connectivity index (χ1n) is 6.31. The van der Waals surface area contributed by atoms with Crippen LogP contribution in [-0.2, 0) is 0 Å². The molecule has 0 heterocycles. The van der Waals surface area contributed by atoms with E-state index in [1.54, 1.807) is 18.2 Å². The van der Waals surface area contributed by atoms with Crippen molar-refractivity contribution in [2.45, 2.75) is 6.92 Å². The number of amides is 1. The Hall–Kier alpha value is -2.50. The number of rotatable bonds is 4. The van der Waals surface area contributed by atoms with E-state index >= 15 is 0 Å². The van der Waals surface area contributed by atoms with Gasteiger partial charge in [0.1, 0.15) is 11.5 Å². The monoisotopic (exact) mass is 294 g/mol. The first-order valence-corrected chi connectivity index (χ1v) is 6.31. The molecule has 21 heavy (non-hydrogen) atoms. The molecule has 0 atom stereocenters. The van der Waals surface area contributed by atoms with Crippen LogP contribution in [-0.4, -0.2) is 12.5 Å². The van der Waals surface area contributed by atoms with Crippen LogP contribution in [0.25, 0.3) is 0 Å². The summed E-state index contributed by atoms with van der Waals surface area (Å²) in [5.74, 6) is -4.06. The van der Waals surface area contributed by atoms with Crippen molar-refractivity contribution in [3.63, 3.8) is 0 Å². The number of hydrogen-bond donors (Lipinski definition) is 2. The fourth-order valence-electron chi connectivity index (χ4n) is 1.87. The lowest BCUT2D eigenvalue weighted by Gasteiger charge is -2.12. The Morgan fingerprint density at radius 3 is 2.33 bits per heavy atom. The molecule has 0 fully saturated rings. The zero-order valence-corrected chi connectivity index (χ0v) is 11.2. The van der Waals surface area contributed by atoms with Crippen molar-refractivity contribution in [1.29, 1.82) is 0 Å². The molecule has 2 rings (SSSR count). The molecular formula is C15H13F3N2O. The predicted octanol–water partition coefficient (Wildman–Crippen LogP) is 3.79. The second-order valence-corrected chi connectivity index (χ2v) is 4.27. The van der Waals surface area contributed by atoms with Gasteiger partial charge in [-0.15, -0.1) is 0 Å². The van der Waals surface area contributed by atoms with E-state index < -0.39 is 29.0 Å². The van der Waals surface area contributed by atoms with Gasteiger partial charge in [-0.25, -0.2) is 13.2 Å². The topological polar surface area (TPSA) is 41.1 Å². The number of para-hydroxylation sites is 1. The Morgan fingerprint density at radius 2 is 1.71 bits per heavy atom. The van der Waals surface area contributed by atoms with Gasteiger partial charge in [-0.05, 0) is 19.1 Å². The van der Waals surface area contributed by atoms with Crippen LogP contribution in [0.3, 0.4) is 0 Å².